The molecule has 2 rings (SSSR count). The maximum Gasteiger partial charge on any atom is 0.270 e. The number of halogens is 1. The van der Waals surface area contributed by atoms with Crippen molar-refractivity contribution >= 4 is 52.5 Å². The molecule has 3 N–H and O–H groups in total. The maximum absolute atomic E-state index is 12.0. The van der Waals surface area contributed by atoms with Gasteiger partial charge in [0.25, 0.3) is 11.6 Å². The summed E-state index contributed by atoms with van der Waals surface area (Å²) in [6.45, 7) is 0. The number of nitrogens with zero attached hydrogens (tertiary/aromatic N) is 1. The summed E-state index contributed by atoms with van der Waals surface area (Å²) in [5.74, 6) is -1.18. The smallest absolute Gasteiger partial charge is 0.270 e. The van der Waals surface area contributed by atoms with Gasteiger partial charge in [0.05, 0.1) is 4.92 Å². The number of amides is 2. The number of carbonyl (C=O) groups excluding carboxylic acids is 2. The number of thiocarbonyl (C=S) groups is 1. The molecule has 0 bridgehead atoms. The number of hydrogen-bond donors (Lipinski definition) is 3. The lowest BCUT2D eigenvalue weighted by molar-refractivity contribution is -0.384. The molecule has 0 saturated carbocycles. The topological polar surface area (TPSA) is 113 Å². The summed E-state index contributed by atoms with van der Waals surface area (Å²) < 4.78 is 0. The highest BCUT2D eigenvalue weighted by atomic mass is 35.5. The number of nitro benzene ring substituents is 1. The Morgan fingerprint density at radius 1 is 1.11 bits per heavy atom. The van der Waals surface area contributed by atoms with E-state index in [1.54, 1.807) is 24.3 Å². The van der Waals surface area contributed by atoms with Gasteiger partial charge in [0.15, 0.2) is 5.11 Å². The van der Waals surface area contributed by atoms with E-state index >= 15 is 0 Å². The lowest BCUT2D eigenvalue weighted by atomic mass is 10.2. The van der Waals surface area contributed by atoms with Crippen LogP contribution in [0.5, 0.6) is 0 Å². The Morgan fingerprint density at radius 2 is 1.85 bits per heavy atom. The predicted molar refractivity (Wildman–Crippen MR) is 105 cm³/mol. The first kappa shape index (κ1) is 20.0. The van der Waals surface area contributed by atoms with Gasteiger partial charge < -0.3 is 0 Å². The molecule has 0 atom stereocenters. The number of non-ortho nitro benzene ring substituents is 1. The van der Waals surface area contributed by atoms with Crippen molar-refractivity contribution < 1.29 is 14.5 Å². The fraction of sp³-hybridized carbons (Fsp3) is 0. The van der Waals surface area contributed by atoms with Gasteiger partial charge in [0, 0.05) is 28.8 Å². The van der Waals surface area contributed by atoms with Crippen LogP contribution in [-0.4, -0.2) is 21.9 Å². The Labute approximate surface area is 164 Å². The molecule has 0 saturated heterocycles. The molecule has 0 aliphatic carbocycles. The summed E-state index contributed by atoms with van der Waals surface area (Å²) >= 11 is 10.9. The van der Waals surface area contributed by atoms with Crippen LogP contribution in [0.2, 0.25) is 5.02 Å². The number of nitro groups is 1. The highest BCUT2D eigenvalue weighted by molar-refractivity contribution is 7.80. The molecule has 27 heavy (non-hydrogen) atoms. The van der Waals surface area contributed by atoms with Gasteiger partial charge in [0.1, 0.15) is 0 Å². The van der Waals surface area contributed by atoms with E-state index in [0.29, 0.717) is 10.6 Å². The van der Waals surface area contributed by atoms with E-state index in [4.69, 9.17) is 23.8 Å². The van der Waals surface area contributed by atoms with Gasteiger partial charge in [-0.15, -0.1) is 0 Å². The minimum absolute atomic E-state index is 0.0597. The Balaban J connectivity index is 1.86. The predicted octanol–water partition coefficient (Wildman–Crippen LogP) is 2.60. The van der Waals surface area contributed by atoms with Gasteiger partial charge in [-0.1, -0.05) is 35.9 Å². The molecular formula is C17H13ClN4O4S. The number of rotatable bonds is 4. The third-order valence-electron chi connectivity index (χ3n) is 3.16. The van der Waals surface area contributed by atoms with Crippen LogP contribution in [0.1, 0.15) is 15.9 Å². The highest BCUT2D eigenvalue weighted by Gasteiger charge is 2.11. The Morgan fingerprint density at radius 3 is 2.56 bits per heavy atom. The average Bonchev–Trinajstić information content (AvgIpc) is 2.65. The Bertz CT molecular complexity index is 933. The van der Waals surface area contributed by atoms with Crippen LogP contribution in [0.15, 0.2) is 54.6 Å². The van der Waals surface area contributed by atoms with Crippen LogP contribution in [0.25, 0.3) is 6.08 Å². The molecule has 0 aliphatic heterocycles. The molecule has 0 aliphatic rings. The fourth-order valence-electron chi connectivity index (χ4n) is 1.91. The largest absolute Gasteiger partial charge is 0.298 e. The molecule has 0 spiro atoms. The summed E-state index contributed by atoms with van der Waals surface area (Å²) in [6, 6.07) is 12.1. The maximum atomic E-state index is 12.0. The van der Waals surface area contributed by atoms with Crippen molar-refractivity contribution in [3.05, 3.63) is 80.9 Å². The number of carbonyl (C=O) groups is 2. The average molecular weight is 405 g/mol. The summed E-state index contributed by atoms with van der Waals surface area (Å²) in [5, 5.41) is 13.4. The molecule has 8 nitrogen and oxygen atoms in total. The fourth-order valence-corrected chi connectivity index (χ4v) is 2.26. The van der Waals surface area contributed by atoms with Crippen LogP contribution in [-0.2, 0) is 4.79 Å². The van der Waals surface area contributed by atoms with Crippen molar-refractivity contribution in [3.63, 3.8) is 0 Å². The summed E-state index contributed by atoms with van der Waals surface area (Å²) in [6.07, 6.45) is 2.75. The second-order valence-corrected chi connectivity index (χ2v) is 5.88. The van der Waals surface area contributed by atoms with Gasteiger partial charge >= 0.3 is 0 Å². The molecule has 0 unspecified atom stereocenters. The second kappa shape index (κ2) is 9.41. The lowest BCUT2D eigenvalue weighted by Crippen LogP contribution is -2.48. The molecule has 0 heterocycles. The van der Waals surface area contributed by atoms with Gasteiger partial charge in [0.2, 0.25) is 5.91 Å². The normalized spacial score (nSPS) is 10.3. The highest BCUT2D eigenvalue weighted by Crippen LogP contribution is 2.16. The van der Waals surface area contributed by atoms with Crippen LogP contribution in [0.4, 0.5) is 5.69 Å². The number of nitrogens with one attached hydrogen (secondary N) is 3. The number of hydrogen-bond acceptors (Lipinski definition) is 5. The zero-order chi connectivity index (χ0) is 19.8. The third-order valence-corrected chi connectivity index (χ3v) is 3.71. The zero-order valence-electron chi connectivity index (χ0n) is 13.6. The van der Waals surface area contributed by atoms with Crippen molar-refractivity contribution in [2.75, 3.05) is 0 Å². The summed E-state index contributed by atoms with van der Waals surface area (Å²) in [7, 11) is 0. The van der Waals surface area contributed by atoms with Crippen molar-refractivity contribution in [2.45, 2.75) is 0 Å². The number of hydrazine groups is 1. The first-order chi connectivity index (χ1) is 12.9. The van der Waals surface area contributed by atoms with E-state index < -0.39 is 16.7 Å². The van der Waals surface area contributed by atoms with Crippen molar-refractivity contribution in [2.24, 2.45) is 0 Å². The minimum Gasteiger partial charge on any atom is -0.298 e. The monoisotopic (exact) mass is 404 g/mol. The van der Waals surface area contributed by atoms with Crippen LogP contribution in [0, 0.1) is 10.1 Å². The molecular weight excluding hydrogens is 392 g/mol. The number of benzene rings is 2. The van der Waals surface area contributed by atoms with Gasteiger partial charge in [-0.3, -0.25) is 35.9 Å². The van der Waals surface area contributed by atoms with E-state index in [1.807, 2.05) is 0 Å². The first-order valence-corrected chi connectivity index (χ1v) is 8.24. The molecule has 2 amide bonds. The van der Waals surface area contributed by atoms with Crippen LogP contribution >= 0.6 is 23.8 Å². The molecule has 0 fully saturated rings. The van der Waals surface area contributed by atoms with Gasteiger partial charge in [-0.2, -0.15) is 0 Å². The lowest BCUT2D eigenvalue weighted by Gasteiger charge is -2.09. The summed E-state index contributed by atoms with van der Waals surface area (Å²) in [4.78, 5) is 33.9. The van der Waals surface area contributed by atoms with E-state index in [1.165, 1.54) is 30.4 Å². The van der Waals surface area contributed by atoms with Gasteiger partial charge in [-0.25, -0.2) is 0 Å². The quantitative estimate of drug-likeness (QED) is 0.312. The minimum atomic E-state index is -0.651. The van der Waals surface area contributed by atoms with E-state index in [9.17, 15) is 19.7 Å². The zero-order valence-corrected chi connectivity index (χ0v) is 15.2. The molecule has 138 valence electrons. The van der Waals surface area contributed by atoms with Gasteiger partial charge in [-0.05, 0) is 36.0 Å². The molecule has 0 radical (unpaired) electrons. The third kappa shape index (κ3) is 6.17. The van der Waals surface area contributed by atoms with Crippen molar-refractivity contribution in [3.8, 4) is 0 Å². The van der Waals surface area contributed by atoms with E-state index in [0.717, 1.165) is 6.07 Å². The SMILES string of the molecule is O=C(/C=C/c1ccccc1Cl)NC(=S)NNC(=O)c1cccc([N+](=O)[O-])c1. The Kier molecular flexibility index (Phi) is 6.98. The first-order valence-electron chi connectivity index (χ1n) is 7.45. The summed E-state index contributed by atoms with van der Waals surface area (Å²) in [5.41, 5.74) is 5.08. The molecule has 2 aromatic rings. The van der Waals surface area contributed by atoms with E-state index in [2.05, 4.69) is 16.2 Å². The van der Waals surface area contributed by atoms with Crippen molar-refractivity contribution in [1.29, 1.82) is 0 Å². The standard InChI is InChI=1S/C17H13ClN4O4S/c18-14-7-2-1-4-11(14)8-9-15(23)19-17(27)21-20-16(24)12-5-3-6-13(10-12)22(25)26/h1-10H,(H,20,24)(H2,19,21,23,27)/b9-8+. The van der Waals surface area contributed by atoms with Crippen LogP contribution in [0.3, 0.4) is 0 Å². The molecule has 0 aromatic heterocycles. The van der Waals surface area contributed by atoms with Crippen LogP contribution < -0.4 is 16.2 Å². The van der Waals surface area contributed by atoms with Crippen molar-refractivity contribution in [1.82, 2.24) is 16.2 Å². The second-order valence-electron chi connectivity index (χ2n) is 5.06. The molecule has 2 aromatic carbocycles. The molecule has 10 heteroatoms. The van der Waals surface area contributed by atoms with E-state index in [-0.39, 0.29) is 16.4 Å². The Hall–Kier alpha value is -3.30.